The van der Waals surface area contributed by atoms with Crippen molar-refractivity contribution in [2.24, 2.45) is 0 Å². The van der Waals surface area contributed by atoms with E-state index in [9.17, 15) is 4.79 Å². The van der Waals surface area contributed by atoms with Gasteiger partial charge in [0.1, 0.15) is 5.75 Å². The summed E-state index contributed by atoms with van der Waals surface area (Å²) < 4.78 is 10.6. The van der Waals surface area contributed by atoms with Crippen molar-refractivity contribution in [1.82, 2.24) is 4.98 Å². The molecule has 0 bridgehead atoms. The number of hydrogen-bond donors (Lipinski definition) is 1. The molecule has 0 aliphatic carbocycles. The van der Waals surface area contributed by atoms with E-state index < -0.39 is 0 Å². The molecule has 1 aromatic heterocycles. The minimum Gasteiger partial charge on any atom is -0.483 e. The number of anilines is 1. The lowest BCUT2D eigenvalue weighted by Crippen LogP contribution is -2.20. The Labute approximate surface area is 133 Å². The maximum absolute atomic E-state index is 12.0. The van der Waals surface area contributed by atoms with Gasteiger partial charge in [-0.1, -0.05) is 36.4 Å². The fourth-order valence-corrected chi connectivity index (χ4v) is 2.24. The van der Waals surface area contributed by atoms with Gasteiger partial charge in [-0.25, -0.2) is 4.98 Å². The van der Waals surface area contributed by atoms with Gasteiger partial charge in [-0.05, 0) is 17.5 Å². The van der Waals surface area contributed by atoms with Gasteiger partial charge in [-0.15, -0.1) is 0 Å². The summed E-state index contributed by atoms with van der Waals surface area (Å²) in [7, 11) is 1.54. The van der Waals surface area contributed by atoms with E-state index in [-0.39, 0.29) is 12.5 Å². The summed E-state index contributed by atoms with van der Waals surface area (Å²) in [6.07, 6.45) is 1.54. The first-order valence-corrected chi connectivity index (χ1v) is 7.17. The van der Waals surface area contributed by atoms with Crippen LogP contribution >= 0.6 is 0 Å². The number of ether oxygens (including phenoxy) is 2. The standard InChI is InChI=1S/C18H16N2O3/c1-22-18-10-9-14(11-19-18)20-17(21)12-23-16-8-4-6-13-5-2-3-7-15(13)16/h2-11H,12H2,1H3,(H,20,21). The van der Waals surface area contributed by atoms with Crippen LogP contribution in [0.1, 0.15) is 0 Å². The lowest BCUT2D eigenvalue weighted by atomic mass is 10.1. The highest BCUT2D eigenvalue weighted by atomic mass is 16.5. The molecule has 0 aliphatic heterocycles. The Morgan fingerprint density at radius 1 is 1.09 bits per heavy atom. The summed E-state index contributed by atoms with van der Waals surface area (Å²) in [6.45, 7) is -0.0694. The highest BCUT2D eigenvalue weighted by molar-refractivity contribution is 5.92. The summed E-state index contributed by atoms with van der Waals surface area (Å²) in [5.41, 5.74) is 0.595. The quantitative estimate of drug-likeness (QED) is 0.786. The summed E-state index contributed by atoms with van der Waals surface area (Å²) in [5, 5.41) is 4.78. The first-order chi connectivity index (χ1) is 11.3. The number of benzene rings is 2. The Hall–Kier alpha value is -3.08. The second-order valence-corrected chi connectivity index (χ2v) is 4.90. The number of rotatable bonds is 5. The van der Waals surface area contributed by atoms with Crippen molar-refractivity contribution >= 4 is 22.4 Å². The van der Waals surface area contributed by atoms with Crippen molar-refractivity contribution < 1.29 is 14.3 Å². The summed E-state index contributed by atoms with van der Waals surface area (Å²) in [4.78, 5) is 16.0. The SMILES string of the molecule is COc1ccc(NC(=O)COc2cccc3ccccc23)cn1. The van der Waals surface area contributed by atoms with Crippen molar-refractivity contribution in [1.29, 1.82) is 0 Å². The van der Waals surface area contributed by atoms with Gasteiger partial charge >= 0.3 is 0 Å². The van der Waals surface area contributed by atoms with Gasteiger partial charge in [0.25, 0.3) is 5.91 Å². The van der Waals surface area contributed by atoms with Crippen LogP contribution in [0, 0.1) is 0 Å². The molecule has 5 heteroatoms. The van der Waals surface area contributed by atoms with E-state index in [1.165, 1.54) is 6.20 Å². The first-order valence-electron chi connectivity index (χ1n) is 7.17. The predicted molar refractivity (Wildman–Crippen MR) is 88.9 cm³/mol. The third-order valence-electron chi connectivity index (χ3n) is 3.34. The molecule has 1 N–H and O–H groups in total. The highest BCUT2D eigenvalue weighted by Crippen LogP contribution is 2.25. The number of fused-ring (bicyclic) bond motifs is 1. The van der Waals surface area contributed by atoms with Crippen molar-refractivity contribution in [3.63, 3.8) is 0 Å². The van der Waals surface area contributed by atoms with Crippen LogP contribution in [0.5, 0.6) is 11.6 Å². The van der Waals surface area contributed by atoms with Crippen LogP contribution in [0.25, 0.3) is 10.8 Å². The smallest absolute Gasteiger partial charge is 0.262 e. The number of hydrogen-bond acceptors (Lipinski definition) is 4. The molecule has 1 amide bonds. The number of carbonyl (C=O) groups excluding carboxylic acids is 1. The van der Waals surface area contributed by atoms with Gasteiger partial charge in [0.15, 0.2) is 6.61 Å². The monoisotopic (exact) mass is 308 g/mol. The van der Waals surface area contributed by atoms with Crippen molar-refractivity contribution in [2.45, 2.75) is 0 Å². The molecule has 3 aromatic rings. The van der Waals surface area contributed by atoms with Gasteiger partial charge in [0, 0.05) is 11.5 Å². The van der Waals surface area contributed by atoms with Gasteiger partial charge in [-0.3, -0.25) is 4.79 Å². The molecule has 0 spiro atoms. The predicted octanol–water partition coefficient (Wildman–Crippen LogP) is 3.26. The van der Waals surface area contributed by atoms with E-state index >= 15 is 0 Å². The van der Waals surface area contributed by atoms with Crippen LogP contribution in [-0.4, -0.2) is 24.6 Å². The number of amides is 1. The number of nitrogens with zero attached hydrogens (tertiary/aromatic N) is 1. The molecular formula is C18H16N2O3. The molecule has 5 nitrogen and oxygen atoms in total. The molecule has 23 heavy (non-hydrogen) atoms. The van der Waals surface area contributed by atoms with E-state index in [1.807, 2.05) is 42.5 Å². The summed E-state index contributed by atoms with van der Waals surface area (Å²) in [6, 6.07) is 17.1. The zero-order valence-corrected chi connectivity index (χ0v) is 12.7. The van der Waals surface area contributed by atoms with Crippen LogP contribution in [0.15, 0.2) is 60.8 Å². The third kappa shape index (κ3) is 3.58. The van der Waals surface area contributed by atoms with Crippen LogP contribution in [-0.2, 0) is 4.79 Å². The highest BCUT2D eigenvalue weighted by Gasteiger charge is 2.06. The molecule has 0 radical (unpaired) electrons. The van der Waals surface area contributed by atoms with E-state index in [2.05, 4.69) is 10.3 Å². The Bertz CT molecular complexity index is 811. The average molecular weight is 308 g/mol. The Balaban J connectivity index is 1.63. The third-order valence-corrected chi connectivity index (χ3v) is 3.34. The molecular weight excluding hydrogens is 292 g/mol. The second kappa shape index (κ2) is 6.79. The lowest BCUT2D eigenvalue weighted by molar-refractivity contribution is -0.118. The molecule has 0 aliphatic rings. The van der Waals surface area contributed by atoms with Gasteiger partial charge in [0.2, 0.25) is 5.88 Å². The van der Waals surface area contributed by atoms with E-state index in [4.69, 9.17) is 9.47 Å². The number of methoxy groups -OCH3 is 1. The van der Waals surface area contributed by atoms with Crippen LogP contribution in [0.3, 0.4) is 0 Å². The minimum atomic E-state index is -0.245. The van der Waals surface area contributed by atoms with Crippen molar-refractivity contribution in [2.75, 3.05) is 19.0 Å². The maximum Gasteiger partial charge on any atom is 0.262 e. The van der Waals surface area contributed by atoms with Crippen molar-refractivity contribution in [3.05, 3.63) is 60.8 Å². The molecule has 1 heterocycles. The molecule has 116 valence electrons. The van der Waals surface area contributed by atoms with Crippen LogP contribution < -0.4 is 14.8 Å². The van der Waals surface area contributed by atoms with Gasteiger partial charge in [-0.2, -0.15) is 0 Å². The van der Waals surface area contributed by atoms with Gasteiger partial charge in [0.05, 0.1) is 19.0 Å². The Kier molecular flexibility index (Phi) is 4.38. The molecule has 0 saturated heterocycles. The minimum absolute atomic E-state index is 0.0694. The largest absolute Gasteiger partial charge is 0.483 e. The van der Waals surface area contributed by atoms with E-state index in [0.29, 0.717) is 17.3 Å². The van der Waals surface area contributed by atoms with Crippen LogP contribution in [0.2, 0.25) is 0 Å². The first kappa shape index (κ1) is 14.8. The van der Waals surface area contributed by atoms with Crippen LogP contribution in [0.4, 0.5) is 5.69 Å². The Morgan fingerprint density at radius 3 is 2.70 bits per heavy atom. The number of aromatic nitrogens is 1. The second-order valence-electron chi connectivity index (χ2n) is 4.90. The Morgan fingerprint density at radius 2 is 1.91 bits per heavy atom. The van der Waals surface area contributed by atoms with Crippen molar-refractivity contribution in [3.8, 4) is 11.6 Å². The molecule has 0 atom stereocenters. The van der Waals surface area contributed by atoms with E-state index in [0.717, 1.165) is 10.8 Å². The lowest BCUT2D eigenvalue weighted by Gasteiger charge is -2.10. The fraction of sp³-hybridized carbons (Fsp3) is 0.111. The molecule has 0 fully saturated rings. The topological polar surface area (TPSA) is 60.5 Å². The average Bonchev–Trinajstić information content (AvgIpc) is 2.60. The zero-order valence-electron chi connectivity index (χ0n) is 12.7. The summed E-state index contributed by atoms with van der Waals surface area (Å²) >= 11 is 0. The molecule has 3 rings (SSSR count). The zero-order chi connectivity index (χ0) is 16.1. The number of pyridine rings is 1. The molecule has 2 aromatic carbocycles. The van der Waals surface area contributed by atoms with E-state index in [1.54, 1.807) is 19.2 Å². The normalized spacial score (nSPS) is 10.3. The molecule has 0 unspecified atom stereocenters. The fourth-order valence-electron chi connectivity index (χ4n) is 2.24. The summed E-state index contributed by atoms with van der Waals surface area (Å²) in [5.74, 6) is 0.936. The number of carbonyl (C=O) groups is 1. The molecule has 0 saturated carbocycles. The van der Waals surface area contributed by atoms with Gasteiger partial charge < -0.3 is 14.8 Å². The maximum atomic E-state index is 12.0. The number of nitrogens with one attached hydrogen (secondary N) is 1.